The van der Waals surface area contributed by atoms with Gasteiger partial charge in [-0.25, -0.2) is 9.97 Å². The number of anilines is 1. The number of hydrogen-bond acceptors (Lipinski definition) is 5. The van der Waals surface area contributed by atoms with Crippen LogP contribution in [0.5, 0.6) is 0 Å². The molecule has 1 fully saturated rings. The summed E-state index contributed by atoms with van der Waals surface area (Å²) in [5.74, 6) is -0.548. The number of primary amides is 1. The summed E-state index contributed by atoms with van der Waals surface area (Å²) < 4.78 is 0. The van der Waals surface area contributed by atoms with E-state index >= 15 is 0 Å². The second-order valence-electron chi connectivity index (χ2n) is 5.24. The van der Waals surface area contributed by atoms with Crippen molar-refractivity contribution in [2.75, 3.05) is 12.3 Å². The number of carbonyl (C=O) groups excluding carboxylic acids is 2. The Morgan fingerprint density at radius 3 is 2.86 bits per heavy atom. The van der Waals surface area contributed by atoms with Crippen LogP contribution in [0.1, 0.15) is 12.0 Å². The van der Waals surface area contributed by atoms with Crippen molar-refractivity contribution < 1.29 is 9.59 Å². The van der Waals surface area contributed by atoms with Crippen molar-refractivity contribution in [3.05, 3.63) is 30.1 Å². The maximum Gasteiger partial charge on any atom is 0.236 e. The number of amides is 2. The molecule has 2 aromatic rings. The Balaban J connectivity index is 2.03. The molecule has 1 aromatic heterocycles. The van der Waals surface area contributed by atoms with Crippen LogP contribution in [0.3, 0.4) is 0 Å². The fourth-order valence-electron chi connectivity index (χ4n) is 2.75. The molecule has 1 aromatic carbocycles. The zero-order valence-corrected chi connectivity index (χ0v) is 11.3. The average molecular weight is 285 g/mol. The van der Waals surface area contributed by atoms with Crippen molar-refractivity contribution >= 4 is 28.5 Å². The Hall–Kier alpha value is -2.70. The Bertz CT molecular complexity index is 745. The Morgan fingerprint density at radius 1 is 1.38 bits per heavy atom. The summed E-state index contributed by atoms with van der Waals surface area (Å²) in [6.07, 6.45) is 2.05. The lowest BCUT2D eigenvalue weighted by Gasteiger charge is -2.22. The minimum Gasteiger partial charge on any atom is -0.383 e. The molecule has 0 spiro atoms. The molecule has 2 amide bonds. The van der Waals surface area contributed by atoms with Crippen LogP contribution in [0, 0.1) is 5.41 Å². The number of aromatic nitrogens is 2. The van der Waals surface area contributed by atoms with Crippen LogP contribution in [-0.2, 0) is 16.0 Å². The molecular weight excluding hydrogens is 270 g/mol. The number of benzene rings is 1. The molecule has 0 saturated carbocycles. The quantitative estimate of drug-likeness (QED) is 0.670. The fourth-order valence-corrected chi connectivity index (χ4v) is 2.75. The molecule has 3 rings (SSSR count). The van der Waals surface area contributed by atoms with Gasteiger partial charge in [-0.15, -0.1) is 0 Å². The number of hydrogen-bond donors (Lipinski definition) is 3. The van der Waals surface area contributed by atoms with Crippen LogP contribution < -0.4 is 16.8 Å². The van der Waals surface area contributed by atoms with Crippen LogP contribution in [0.2, 0.25) is 0 Å². The molecule has 108 valence electrons. The van der Waals surface area contributed by atoms with Gasteiger partial charge in [0, 0.05) is 11.9 Å². The summed E-state index contributed by atoms with van der Waals surface area (Å²) in [4.78, 5) is 31.9. The lowest BCUT2D eigenvalue weighted by atomic mass is 9.79. The Morgan fingerprint density at radius 2 is 2.19 bits per heavy atom. The molecule has 1 atom stereocenters. The number of nitrogen functional groups attached to an aromatic ring is 1. The lowest BCUT2D eigenvalue weighted by Crippen LogP contribution is -2.44. The molecule has 0 radical (unpaired) electrons. The average Bonchev–Trinajstić information content (AvgIpc) is 2.82. The van der Waals surface area contributed by atoms with Crippen LogP contribution >= 0.6 is 0 Å². The van der Waals surface area contributed by atoms with Gasteiger partial charge in [0.25, 0.3) is 0 Å². The highest BCUT2D eigenvalue weighted by Gasteiger charge is 2.47. The van der Waals surface area contributed by atoms with E-state index in [1.807, 2.05) is 6.07 Å². The van der Waals surface area contributed by atoms with E-state index in [0.717, 1.165) is 11.1 Å². The predicted octanol–water partition coefficient (Wildman–Crippen LogP) is -0.254. The maximum atomic E-state index is 12.0. The molecular formula is C14H15N5O2. The molecule has 1 aliphatic heterocycles. The standard InChI is InChI=1S/C14H15N5O2/c15-11-9-5-8(1-2-10(9)18-7-19-11)6-14(12(16)20)3-4-17-13(14)21/h1-2,5,7H,3-4,6H2,(H2,16,20)(H,17,21)(H2,15,18,19)/t14-/m1/s1. The van der Waals surface area contributed by atoms with Crippen molar-refractivity contribution in [1.29, 1.82) is 0 Å². The zero-order valence-electron chi connectivity index (χ0n) is 11.3. The van der Waals surface area contributed by atoms with Gasteiger partial charge in [0.2, 0.25) is 11.8 Å². The summed E-state index contributed by atoms with van der Waals surface area (Å²) in [5, 5.41) is 3.37. The largest absolute Gasteiger partial charge is 0.383 e. The second kappa shape index (κ2) is 4.69. The van der Waals surface area contributed by atoms with Gasteiger partial charge in [-0.05, 0) is 30.5 Å². The van der Waals surface area contributed by atoms with Crippen LogP contribution in [0.4, 0.5) is 5.82 Å². The molecule has 1 saturated heterocycles. The van der Waals surface area contributed by atoms with Gasteiger partial charge in [0.1, 0.15) is 17.6 Å². The summed E-state index contributed by atoms with van der Waals surface area (Å²) >= 11 is 0. The number of fused-ring (bicyclic) bond motifs is 1. The van der Waals surface area contributed by atoms with E-state index < -0.39 is 11.3 Å². The van der Waals surface area contributed by atoms with E-state index in [-0.39, 0.29) is 12.3 Å². The van der Waals surface area contributed by atoms with Gasteiger partial charge in [-0.3, -0.25) is 9.59 Å². The normalized spacial score (nSPS) is 21.4. The molecule has 21 heavy (non-hydrogen) atoms. The van der Waals surface area contributed by atoms with Crippen LogP contribution in [-0.4, -0.2) is 28.3 Å². The van der Waals surface area contributed by atoms with Gasteiger partial charge < -0.3 is 16.8 Å². The molecule has 0 unspecified atom stereocenters. The molecule has 7 heteroatoms. The molecule has 5 N–H and O–H groups in total. The second-order valence-corrected chi connectivity index (χ2v) is 5.24. The molecule has 0 bridgehead atoms. The van der Waals surface area contributed by atoms with E-state index in [9.17, 15) is 9.59 Å². The van der Waals surface area contributed by atoms with Gasteiger partial charge in [0.05, 0.1) is 5.52 Å². The third kappa shape index (κ3) is 2.06. The summed E-state index contributed by atoms with van der Waals surface area (Å²) in [6.45, 7) is 0.459. The van der Waals surface area contributed by atoms with Crippen molar-refractivity contribution in [3.63, 3.8) is 0 Å². The third-order valence-corrected chi connectivity index (χ3v) is 3.98. The van der Waals surface area contributed by atoms with Crippen LogP contribution in [0.15, 0.2) is 24.5 Å². The first-order chi connectivity index (χ1) is 10.0. The minimum absolute atomic E-state index is 0.248. The van der Waals surface area contributed by atoms with Gasteiger partial charge >= 0.3 is 0 Å². The SMILES string of the molecule is NC(=O)[C@]1(Cc2ccc3ncnc(N)c3c2)CCNC1=O. The van der Waals surface area contributed by atoms with Crippen molar-refractivity contribution in [2.45, 2.75) is 12.8 Å². The zero-order chi connectivity index (χ0) is 15.0. The smallest absolute Gasteiger partial charge is 0.236 e. The highest BCUT2D eigenvalue weighted by molar-refractivity contribution is 6.06. The van der Waals surface area contributed by atoms with Gasteiger partial charge in [-0.2, -0.15) is 0 Å². The fraction of sp³-hybridized carbons (Fsp3) is 0.286. The number of carbonyl (C=O) groups is 2. The number of nitrogens with zero attached hydrogens (tertiary/aromatic N) is 2. The number of nitrogens with two attached hydrogens (primary N) is 2. The first kappa shape index (κ1) is 13.3. The predicted molar refractivity (Wildman–Crippen MR) is 76.9 cm³/mol. The Labute approximate surface area is 120 Å². The number of nitrogens with one attached hydrogen (secondary N) is 1. The van der Waals surface area contributed by atoms with E-state index in [0.29, 0.717) is 24.2 Å². The summed E-state index contributed by atoms with van der Waals surface area (Å²) in [5.41, 5.74) is 11.6. The third-order valence-electron chi connectivity index (χ3n) is 3.98. The number of rotatable bonds is 3. The van der Waals surface area contributed by atoms with Gasteiger partial charge in [0.15, 0.2) is 0 Å². The summed E-state index contributed by atoms with van der Waals surface area (Å²) in [6, 6.07) is 5.43. The van der Waals surface area contributed by atoms with Crippen molar-refractivity contribution in [2.24, 2.45) is 11.1 Å². The first-order valence-corrected chi connectivity index (χ1v) is 6.60. The Kier molecular flexibility index (Phi) is 2.97. The van der Waals surface area contributed by atoms with E-state index in [4.69, 9.17) is 11.5 Å². The van der Waals surface area contributed by atoms with Crippen LogP contribution in [0.25, 0.3) is 10.9 Å². The topological polar surface area (TPSA) is 124 Å². The van der Waals surface area contributed by atoms with E-state index in [2.05, 4.69) is 15.3 Å². The summed E-state index contributed by atoms with van der Waals surface area (Å²) in [7, 11) is 0. The van der Waals surface area contributed by atoms with E-state index in [1.165, 1.54) is 6.33 Å². The minimum atomic E-state index is -1.18. The molecule has 0 aliphatic carbocycles. The van der Waals surface area contributed by atoms with Gasteiger partial charge in [-0.1, -0.05) is 6.07 Å². The monoisotopic (exact) mass is 285 g/mol. The first-order valence-electron chi connectivity index (χ1n) is 6.60. The maximum absolute atomic E-state index is 12.0. The molecule has 1 aliphatic rings. The highest BCUT2D eigenvalue weighted by atomic mass is 16.2. The van der Waals surface area contributed by atoms with Crippen molar-refractivity contribution in [1.82, 2.24) is 15.3 Å². The highest BCUT2D eigenvalue weighted by Crippen LogP contribution is 2.32. The van der Waals surface area contributed by atoms with E-state index in [1.54, 1.807) is 12.1 Å². The molecule has 7 nitrogen and oxygen atoms in total. The lowest BCUT2D eigenvalue weighted by molar-refractivity contribution is -0.138. The molecule has 2 heterocycles. The van der Waals surface area contributed by atoms with Crippen molar-refractivity contribution in [3.8, 4) is 0 Å².